The highest BCUT2D eigenvalue weighted by Gasteiger charge is 2.50. The molecule has 2 N–H and O–H groups in total. The van der Waals surface area contributed by atoms with Gasteiger partial charge in [0.1, 0.15) is 11.5 Å². The predicted molar refractivity (Wildman–Crippen MR) is 139 cm³/mol. The van der Waals surface area contributed by atoms with Crippen molar-refractivity contribution < 1.29 is 0 Å². The summed E-state index contributed by atoms with van der Waals surface area (Å²) in [6.45, 7) is 2.94. The second-order valence-electron chi connectivity index (χ2n) is 11.3. The molecular formula is C29H39N5. The summed E-state index contributed by atoms with van der Waals surface area (Å²) >= 11 is 0. The fraction of sp³-hybridized carbons (Fsp3) is 0.621. The molecule has 4 bridgehead atoms. The first-order chi connectivity index (χ1) is 16.8. The van der Waals surface area contributed by atoms with Crippen LogP contribution in [0.2, 0.25) is 0 Å². The standard InChI is InChI=1S/C29H39N5/c1(2-4-6-12-32-29-17-24-14-25(18-29)16-26(15-24)19-29)3-5-8-23-9-10-27-31-20-28(34(27)21-23)33-13-7-11-30-22-33/h7,9-10,13,20-21,24-26,30,32H,1-4,6,11-12,14-19,22H2. The second kappa shape index (κ2) is 9.76. The number of hydrogen-bond acceptors (Lipinski definition) is 4. The van der Waals surface area contributed by atoms with E-state index in [-0.39, 0.29) is 0 Å². The molecule has 0 atom stereocenters. The number of pyridine rings is 1. The average molecular weight is 458 g/mol. The number of rotatable bonds is 8. The lowest BCUT2D eigenvalue weighted by Gasteiger charge is -2.57. The molecule has 1 aliphatic heterocycles. The minimum atomic E-state index is 0.525. The lowest BCUT2D eigenvalue weighted by molar-refractivity contribution is -0.0196. The SMILES string of the molecule is C(#Cc1ccc2ncc(N3C=CCNC3)n2c1)CCCCCCNC12CC3CC(CC(C3)C1)C2. The van der Waals surface area contributed by atoms with Gasteiger partial charge in [-0.2, -0.15) is 0 Å². The fourth-order valence-corrected chi connectivity index (χ4v) is 7.45. The molecule has 0 radical (unpaired) electrons. The first-order valence-electron chi connectivity index (χ1n) is 13.6. The van der Waals surface area contributed by atoms with Crippen molar-refractivity contribution in [2.75, 3.05) is 24.7 Å². The Morgan fingerprint density at radius 3 is 2.59 bits per heavy atom. The molecule has 4 saturated carbocycles. The van der Waals surface area contributed by atoms with Gasteiger partial charge in [-0.25, -0.2) is 4.98 Å². The lowest BCUT2D eigenvalue weighted by Crippen LogP contribution is -2.58. The molecule has 5 nitrogen and oxygen atoms in total. The quantitative estimate of drug-likeness (QED) is 0.429. The number of unbranched alkanes of at least 4 members (excludes halogenated alkanes) is 4. The number of nitrogens with zero attached hydrogens (tertiary/aromatic N) is 3. The predicted octanol–water partition coefficient (Wildman–Crippen LogP) is 5.08. The zero-order valence-electron chi connectivity index (χ0n) is 20.4. The molecule has 7 rings (SSSR count). The van der Waals surface area contributed by atoms with Crippen LogP contribution in [0.4, 0.5) is 5.82 Å². The molecule has 4 aliphatic carbocycles. The van der Waals surface area contributed by atoms with Crippen LogP contribution in [0.25, 0.3) is 5.65 Å². The molecule has 3 heterocycles. The van der Waals surface area contributed by atoms with Crippen molar-refractivity contribution in [3.05, 3.63) is 42.4 Å². The van der Waals surface area contributed by atoms with Gasteiger partial charge >= 0.3 is 0 Å². The van der Waals surface area contributed by atoms with Crippen LogP contribution in [0.5, 0.6) is 0 Å². The van der Waals surface area contributed by atoms with Crippen LogP contribution in [-0.2, 0) is 0 Å². The van der Waals surface area contributed by atoms with Gasteiger partial charge in [-0.05, 0) is 87.8 Å². The smallest absolute Gasteiger partial charge is 0.138 e. The number of nitrogens with one attached hydrogen (secondary N) is 2. The van der Waals surface area contributed by atoms with Gasteiger partial charge in [0.25, 0.3) is 0 Å². The zero-order chi connectivity index (χ0) is 22.8. The average Bonchev–Trinajstić information content (AvgIpc) is 3.26. The van der Waals surface area contributed by atoms with E-state index in [9.17, 15) is 0 Å². The summed E-state index contributed by atoms with van der Waals surface area (Å²) < 4.78 is 2.14. The summed E-state index contributed by atoms with van der Waals surface area (Å²) in [5, 5.41) is 7.41. The minimum absolute atomic E-state index is 0.525. The van der Waals surface area contributed by atoms with Crippen molar-refractivity contribution in [1.29, 1.82) is 0 Å². The summed E-state index contributed by atoms with van der Waals surface area (Å²) in [4.78, 5) is 6.72. The first-order valence-corrected chi connectivity index (χ1v) is 13.6. The van der Waals surface area contributed by atoms with E-state index in [1.54, 1.807) is 0 Å². The monoisotopic (exact) mass is 457 g/mol. The van der Waals surface area contributed by atoms with Crippen LogP contribution in [0, 0.1) is 29.6 Å². The van der Waals surface area contributed by atoms with Crippen LogP contribution in [0.15, 0.2) is 36.8 Å². The molecule has 0 aromatic carbocycles. The number of anilines is 1. The topological polar surface area (TPSA) is 44.6 Å². The molecule has 5 aliphatic rings. The van der Waals surface area contributed by atoms with Gasteiger partial charge in [-0.3, -0.25) is 9.72 Å². The Morgan fingerprint density at radius 1 is 1.03 bits per heavy atom. The number of aromatic nitrogens is 2. The molecule has 2 aromatic heterocycles. The van der Waals surface area contributed by atoms with Crippen molar-refractivity contribution >= 4 is 11.5 Å². The van der Waals surface area contributed by atoms with Gasteiger partial charge in [0, 0.05) is 36.5 Å². The third-order valence-corrected chi connectivity index (χ3v) is 8.61. The van der Waals surface area contributed by atoms with Crippen molar-refractivity contribution in [3.8, 4) is 11.8 Å². The van der Waals surface area contributed by atoms with Gasteiger partial charge in [0.2, 0.25) is 0 Å². The van der Waals surface area contributed by atoms with Crippen LogP contribution < -0.4 is 15.5 Å². The first kappa shape index (κ1) is 22.2. The lowest BCUT2D eigenvalue weighted by atomic mass is 9.53. The van der Waals surface area contributed by atoms with Crippen molar-refractivity contribution in [3.63, 3.8) is 0 Å². The van der Waals surface area contributed by atoms with Gasteiger partial charge in [-0.15, -0.1) is 0 Å². The third-order valence-electron chi connectivity index (χ3n) is 8.61. The Kier molecular flexibility index (Phi) is 6.37. The van der Waals surface area contributed by atoms with Crippen molar-refractivity contribution in [1.82, 2.24) is 20.0 Å². The number of imidazole rings is 1. The van der Waals surface area contributed by atoms with Gasteiger partial charge in [0.05, 0.1) is 12.9 Å². The molecule has 34 heavy (non-hydrogen) atoms. The maximum atomic E-state index is 4.54. The highest BCUT2D eigenvalue weighted by Crippen LogP contribution is 2.55. The Labute approximate surface area is 204 Å². The molecule has 180 valence electrons. The van der Waals surface area contributed by atoms with Crippen LogP contribution in [0.1, 0.15) is 76.2 Å². The van der Waals surface area contributed by atoms with E-state index in [0.717, 1.165) is 54.4 Å². The largest absolute Gasteiger partial charge is 0.320 e. The molecule has 2 aromatic rings. The van der Waals surface area contributed by atoms with E-state index in [1.807, 2.05) is 6.20 Å². The number of hydrogen-bond donors (Lipinski definition) is 2. The summed E-state index contributed by atoms with van der Waals surface area (Å²) in [6.07, 6.45) is 23.4. The Morgan fingerprint density at radius 2 is 1.82 bits per heavy atom. The molecular weight excluding hydrogens is 418 g/mol. The van der Waals surface area contributed by atoms with Gasteiger partial charge < -0.3 is 10.2 Å². The summed E-state index contributed by atoms with van der Waals surface area (Å²) in [7, 11) is 0. The highest BCUT2D eigenvalue weighted by molar-refractivity contribution is 5.55. The van der Waals surface area contributed by atoms with Gasteiger partial charge in [0.15, 0.2) is 0 Å². The van der Waals surface area contributed by atoms with E-state index in [0.29, 0.717) is 5.54 Å². The molecule has 4 fully saturated rings. The minimum Gasteiger partial charge on any atom is -0.320 e. The van der Waals surface area contributed by atoms with Crippen LogP contribution in [-0.4, -0.2) is 34.7 Å². The van der Waals surface area contributed by atoms with Crippen LogP contribution in [0.3, 0.4) is 0 Å². The van der Waals surface area contributed by atoms with E-state index in [4.69, 9.17) is 0 Å². The fourth-order valence-electron chi connectivity index (χ4n) is 7.45. The summed E-state index contributed by atoms with van der Waals surface area (Å²) in [5.41, 5.74) is 2.54. The van der Waals surface area contributed by atoms with Crippen LogP contribution >= 0.6 is 0 Å². The Balaban J connectivity index is 0.927. The summed E-state index contributed by atoms with van der Waals surface area (Å²) in [5.74, 6) is 11.0. The maximum absolute atomic E-state index is 4.54. The number of fused-ring (bicyclic) bond motifs is 1. The van der Waals surface area contributed by atoms with E-state index in [2.05, 4.69) is 67.4 Å². The van der Waals surface area contributed by atoms with E-state index < -0.39 is 0 Å². The zero-order valence-corrected chi connectivity index (χ0v) is 20.4. The molecule has 0 saturated heterocycles. The summed E-state index contributed by atoms with van der Waals surface area (Å²) in [6, 6.07) is 4.14. The normalized spacial score (nSPS) is 29.5. The molecule has 5 heteroatoms. The third kappa shape index (κ3) is 4.76. The second-order valence-corrected chi connectivity index (χ2v) is 11.3. The van der Waals surface area contributed by atoms with Crippen molar-refractivity contribution in [2.45, 2.75) is 76.2 Å². The van der Waals surface area contributed by atoms with Gasteiger partial charge in [-0.1, -0.05) is 30.8 Å². The molecule has 0 unspecified atom stereocenters. The molecule has 0 amide bonds. The Bertz CT molecular complexity index is 1050. The Hall–Kier alpha value is -2.29. The van der Waals surface area contributed by atoms with E-state index >= 15 is 0 Å². The van der Waals surface area contributed by atoms with Crippen molar-refractivity contribution in [2.24, 2.45) is 17.8 Å². The molecule has 0 spiro atoms. The highest BCUT2D eigenvalue weighted by atomic mass is 15.3. The van der Waals surface area contributed by atoms with E-state index in [1.165, 1.54) is 70.8 Å². The maximum Gasteiger partial charge on any atom is 0.138 e.